The average Bonchev–Trinajstić information content (AvgIpc) is 2.76. The van der Waals surface area contributed by atoms with E-state index in [9.17, 15) is 10.2 Å². The highest BCUT2D eigenvalue weighted by Crippen LogP contribution is 2.44. The van der Waals surface area contributed by atoms with Crippen LogP contribution < -0.4 is 4.74 Å². The van der Waals surface area contributed by atoms with Crippen LogP contribution in [0, 0.1) is 6.92 Å². The van der Waals surface area contributed by atoms with Crippen LogP contribution in [-0.2, 0) is 0 Å². The zero-order valence-electron chi connectivity index (χ0n) is 17.4. The summed E-state index contributed by atoms with van der Waals surface area (Å²) in [4.78, 5) is 2.31. The molecule has 1 fully saturated rings. The molecule has 2 N–H and O–H groups in total. The van der Waals surface area contributed by atoms with Crippen LogP contribution in [0.25, 0.3) is 10.8 Å². The van der Waals surface area contributed by atoms with Crippen LogP contribution in [0.2, 0.25) is 0 Å². The number of hydrogen-bond donors (Lipinski definition) is 2. The molecule has 3 aromatic rings. The van der Waals surface area contributed by atoms with Crippen LogP contribution >= 0.6 is 0 Å². The molecule has 2 aliphatic heterocycles. The van der Waals surface area contributed by atoms with E-state index < -0.39 is 12.2 Å². The number of rotatable bonds is 3. The van der Waals surface area contributed by atoms with Crippen molar-refractivity contribution < 1.29 is 14.9 Å². The van der Waals surface area contributed by atoms with Gasteiger partial charge in [-0.05, 0) is 54.3 Å². The first-order valence-electron chi connectivity index (χ1n) is 10.9. The van der Waals surface area contributed by atoms with Crippen molar-refractivity contribution in [1.82, 2.24) is 4.90 Å². The summed E-state index contributed by atoms with van der Waals surface area (Å²) in [6, 6.07) is 20.5. The predicted octanol–water partition coefficient (Wildman–Crippen LogP) is 4.53. The molecule has 0 unspecified atom stereocenters. The van der Waals surface area contributed by atoms with Crippen molar-refractivity contribution in [2.24, 2.45) is 0 Å². The van der Waals surface area contributed by atoms with Crippen LogP contribution in [0.4, 0.5) is 0 Å². The van der Waals surface area contributed by atoms with Gasteiger partial charge in [0.2, 0.25) is 0 Å². The Morgan fingerprint density at radius 2 is 1.80 bits per heavy atom. The van der Waals surface area contributed by atoms with Gasteiger partial charge in [-0.15, -0.1) is 0 Å². The lowest BCUT2D eigenvalue weighted by Crippen LogP contribution is -2.51. The monoisotopic (exact) mass is 403 g/mol. The minimum Gasteiger partial charge on any atom is -0.487 e. The normalized spacial score (nSPS) is 21.9. The number of likely N-dealkylation sites (tertiary alicyclic amines) is 1. The molecule has 5 rings (SSSR count). The molecule has 4 nitrogen and oxygen atoms in total. The van der Waals surface area contributed by atoms with Gasteiger partial charge in [-0.1, -0.05) is 48.0 Å². The fourth-order valence-electron chi connectivity index (χ4n) is 4.97. The summed E-state index contributed by atoms with van der Waals surface area (Å²) in [7, 11) is 0. The lowest BCUT2D eigenvalue weighted by molar-refractivity contribution is -0.0588. The van der Waals surface area contributed by atoms with Gasteiger partial charge in [-0.2, -0.15) is 0 Å². The summed E-state index contributed by atoms with van der Waals surface area (Å²) in [5, 5.41) is 23.9. The largest absolute Gasteiger partial charge is 0.487 e. The molecule has 0 aromatic heterocycles. The molecule has 30 heavy (non-hydrogen) atoms. The third-order valence-corrected chi connectivity index (χ3v) is 6.77. The molecule has 0 aliphatic carbocycles. The van der Waals surface area contributed by atoms with E-state index in [4.69, 9.17) is 4.74 Å². The molecular weight excluding hydrogens is 374 g/mol. The summed E-state index contributed by atoms with van der Waals surface area (Å²) in [5.41, 5.74) is 2.72. The third kappa shape index (κ3) is 3.71. The predicted molar refractivity (Wildman–Crippen MR) is 119 cm³/mol. The van der Waals surface area contributed by atoms with Gasteiger partial charge in [0.1, 0.15) is 11.4 Å². The van der Waals surface area contributed by atoms with Crippen molar-refractivity contribution in [1.29, 1.82) is 0 Å². The fraction of sp³-hybridized carbons (Fsp3) is 0.385. The Morgan fingerprint density at radius 3 is 2.60 bits per heavy atom. The Morgan fingerprint density at radius 1 is 1.03 bits per heavy atom. The van der Waals surface area contributed by atoms with E-state index in [2.05, 4.69) is 29.2 Å². The molecule has 1 spiro atoms. The third-order valence-electron chi connectivity index (χ3n) is 6.77. The lowest BCUT2D eigenvalue weighted by atomic mass is 9.81. The van der Waals surface area contributed by atoms with E-state index in [0.717, 1.165) is 53.8 Å². The Hall–Kier alpha value is -2.40. The maximum absolute atomic E-state index is 10.8. The van der Waals surface area contributed by atoms with Gasteiger partial charge in [0.15, 0.2) is 0 Å². The van der Waals surface area contributed by atoms with E-state index in [-0.39, 0.29) is 5.60 Å². The maximum Gasteiger partial charge on any atom is 0.125 e. The van der Waals surface area contributed by atoms with Gasteiger partial charge < -0.3 is 19.8 Å². The molecule has 1 saturated heterocycles. The summed E-state index contributed by atoms with van der Waals surface area (Å²) < 4.78 is 6.42. The van der Waals surface area contributed by atoms with Crippen LogP contribution in [0.5, 0.6) is 5.75 Å². The molecule has 0 radical (unpaired) electrons. The number of benzene rings is 3. The number of fused-ring (bicyclic) bond motifs is 2. The molecule has 0 bridgehead atoms. The van der Waals surface area contributed by atoms with Crippen LogP contribution in [-0.4, -0.2) is 40.3 Å². The first-order valence-corrected chi connectivity index (χ1v) is 10.9. The minimum absolute atomic E-state index is 0.300. The van der Waals surface area contributed by atoms with Crippen molar-refractivity contribution in [3.8, 4) is 5.75 Å². The molecule has 2 atom stereocenters. The van der Waals surface area contributed by atoms with Crippen molar-refractivity contribution in [3.05, 3.63) is 77.4 Å². The molecule has 3 aromatic carbocycles. The minimum atomic E-state index is -0.509. The summed E-state index contributed by atoms with van der Waals surface area (Å²) in [6.45, 7) is 4.38. The molecule has 0 saturated carbocycles. The van der Waals surface area contributed by atoms with Gasteiger partial charge in [0, 0.05) is 31.6 Å². The topological polar surface area (TPSA) is 52.9 Å². The van der Waals surface area contributed by atoms with Crippen LogP contribution in [0.1, 0.15) is 48.2 Å². The van der Waals surface area contributed by atoms with E-state index in [0.29, 0.717) is 13.0 Å². The quantitative estimate of drug-likeness (QED) is 0.675. The van der Waals surface area contributed by atoms with Crippen molar-refractivity contribution >= 4 is 10.8 Å². The molecule has 4 heteroatoms. The zero-order chi connectivity index (χ0) is 20.7. The second kappa shape index (κ2) is 7.69. The highest BCUT2D eigenvalue weighted by Gasteiger charge is 2.43. The van der Waals surface area contributed by atoms with E-state index in [1.54, 1.807) is 0 Å². The number of β-amino-alcohol motifs (C(OH)–C–C–N with tert-alkyl or cyclic N) is 1. The van der Waals surface area contributed by atoms with Crippen LogP contribution in [0.3, 0.4) is 0 Å². The zero-order valence-corrected chi connectivity index (χ0v) is 17.4. The Bertz CT molecular complexity index is 1060. The summed E-state index contributed by atoms with van der Waals surface area (Å²) >= 11 is 0. The molecule has 156 valence electrons. The Balaban J connectivity index is 1.24. The standard InChI is InChI=1S/C26H29NO3/c1-18-6-9-25-22(14-18)23(28)16-26(30-25)10-12-27(13-11-26)17-24(29)21-8-7-19-4-2-3-5-20(19)15-21/h2-9,14-15,23-24,28-29H,10-13,16-17H2,1H3/t23-,24+/m1/s1. The second-order valence-electron chi connectivity index (χ2n) is 8.97. The van der Waals surface area contributed by atoms with E-state index >= 15 is 0 Å². The Labute approximate surface area is 177 Å². The maximum atomic E-state index is 10.8. The molecule has 2 aliphatic rings. The number of aryl methyl sites for hydroxylation is 1. The summed E-state index contributed by atoms with van der Waals surface area (Å²) in [6.07, 6.45) is 1.39. The number of hydrogen-bond acceptors (Lipinski definition) is 4. The van der Waals surface area contributed by atoms with Gasteiger partial charge in [-0.3, -0.25) is 0 Å². The Kier molecular flexibility index (Phi) is 5.02. The number of aliphatic hydroxyl groups is 2. The molecular formula is C26H29NO3. The molecule has 0 amide bonds. The molecule has 2 heterocycles. The SMILES string of the molecule is Cc1ccc2c(c1)[C@H](O)CC1(CCN(C[C@H](O)c3ccc4ccccc4c3)CC1)O2. The van der Waals surface area contributed by atoms with Crippen LogP contribution in [0.15, 0.2) is 60.7 Å². The van der Waals surface area contributed by atoms with Gasteiger partial charge >= 0.3 is 0 Å². The highest BCUT2D eigenvalue weighted by molar-refractivity contribution is 5.83. The van der Waals surface area contributed by atoms with E-state index in [1.807, 2.05) is 43.3 Å². The van der Waals surface area contributed by atoms with Crippen molar-refractivity contribution in [2.45, 2.75) is 44.0 Å². The average molecular weight is 404 g/mol. The van der Waals surface area contributed by atoms with Gasteiger partial charge in [-0.25, -0.2) is 0 Å². The number of ether oxygens (including phenoxy) is 1. The highest BCUT2D eigenvalue weighted by atomic mass is 16.5. The first-order chi connectivity index (χ1) is 14.5. The van der Waals surface area contributed by atoms with Gasteiger partial charge in [0.25, 0.3) is 0 Å². The summed E-state index contributed by atoms with van der Waals surface area (Å²) in [5.74, 6) is 0.823. The van der Waals surface area contributed by atoms with E-state index in [1.165, 1.54) is 5.39 Å². The number of nitrogens with zero attached hydrogens (tertiary/aromatic N) is 1. The second-order valence-corrected chi connectivity index (χ2v) is 8.97. The first kappa shape index (κ1) is 19.6. The van der Waals surface area contributed by atoms with Gasteiger partial charge in [0.05, 0.1) is 12.2 Å². The number of piperidine rings is 1. The smallest absolute Gasteiger partial charge is 0.125 e. The fourth-order valence-corrected chi connectivity index (χ4v) is 4.97. The number of aliphatic hydroxyl groups excluding tert-OH is 2. The van der Waals surface area contributed by atoms with Crippen molar-refractivity contribution in [3.63, 3.8) is 0 Å². The lowest BCUT2D eigenvalue weighted by Gasteiger charge is -2.46. The van der Waals surface area contributed by atoms with Crippen molar-refractivity contribution in [2.75, 3.05) is 19.6 Å².